The number of carbonyl (C=O) groups is 1. The van der Waals surface area contributed by atoms with Gasteiger partial charge in [-0.15, -0.1) is 0 Å². The smallest absolute Gasteiger partial charge is 0.330 e. The normalized spacial score (nSPS) is 12.9. The van der Waals surface area contributed by atoms with Crippen molar-refractivity contribution in [1.29, 1.82) is 0 Å². The summed E-state index contributed by atoms with van der Waals surface area (Å²) in [6, 6.07) is 7.11. The van der Waals surface area contributed by atoms with Gasteiger partial charge in [-0.05, 0) is 30.2 Å². The molecule has 0 radical (unpaired) electrons. The van der Waals surface area contributed by atoms with E-state index in [9.17, 15) is 4.79 Å². The minimum atomic E-state index is -1.01. The molecule has 0 aliphatic carbocycles. The van der Waals surface area contributed by atoms with Gasteiger partial charge < -0.3 is 9.47 Å². The Morgan fingerprint density at radius 1 is 1.40 bits per heavy atom. The zero-order valence-corrected chi connectivity index (χ0v) is 11.8. The molecular formula is C13H18N4O3. The molecule has 1 aromatic rings. The molecule has 0 aliphatic rings. The maximum Gasteiger partial charge on any atom is 0.330 e. The number of carbonyl (C=O) groups excluding carboxylic acids is 1. The Hall–Kier alpha value is -2.24. The second kappa shape index (κ2) is 7.37. The summed E-state index contributed by atoms with van der Waals surface area (Å²) in [5, 5.41) is 6.48. The molecule has 7 nitrogen and oxygen atoms in total. The molecule has 0 aliphatic heterocycles. The van der Waals surface area contributed by atoms with E-state index >= 15 is 0 Å². The summed E-state index contributed by atoms with van der Waals surface area (Å²) in [7, 11) is 2.91. The summed E-state index contributed by atoms with van der Waals surface area (Å²) < 4.78 is 9.94. The van der Waals surface area contributed by atoms with E-state index in [4.69, 9.17) is 15.0 Å². The van der Waals surface area contributed by atoms with Crippen LogP contribution < -0.4 is 10.1 Å². The molecule has 0 spiro atoms. The van der Waals surface area contributed by atoms with Crippen LogP contribution in [0.2, 0.25) is 0 Å². The largest absolute Gasteiger partial charge is 0.497 e. The van der Waals surface area contributed by atoms with Crippen molar-refractivity contribution in [1.82, 2.24) is 5.32 Å². The van der Waals surface area contributed by atoms with Crippen molar-refractivity contribution in [2.24, 2.45) is 5.11 Å². The monoisotopic (exact) mass is 278 g/mol. The summed E-state index contributed by atoms with van der Waals surface area (Å²) in [5.74, 6) is 0.290. The van der Waals surface area contributed by atoms with Crippen LogP contribution in [0.15, 0.2) is 29.4 Å². The minimum Gasteiger partial charge on any atom is -0.497 e. The Labute approximate surface area is 117 Å². The van der Waals surface area contributed by atoms with E-state index < -0.39 is 11.5 Å². The first kappa shape index (κ1) is 15.8. The highest BCUT2D eigenvalue weighted by atomic mass is 16.5. The van der Waals surface area contributed by atoms with Crippen molar-refractivity contribution in [2.45, 2.75) is 12.5 Å². The lowest BCUT2D eigenvalue weighted by atomic mass is 9.92. The Morgan fingerprint density at radius 3 is 2.55 bits per heavy atom. The first-order valence-electron chi connectivity index (χ1n) is 6.07. The van der Waals surface area contributed by atoms with Gasteiger partial charge in [-0.3, -0.25) is 5.32 Å². The molecule has 0 aromatic heterocycles. The van der Waals surface area contributed by atoms with E-state index in [-0.39, 0.29) is 6.54 Å². The molecule has 0 fully saturated rings. The van der Waals surface area contributed by atoms with Gasteiger partial charge in [0.2, 0.25) is 0 Å². The van der Waals surface area contributed by atoms with Gasteiger partial charge in [0.1, 0.15) is 11.3 Å². The standard InChI is InChI=1S/C13H18N4O3/c1-13(12(18)20-3,15-8-9-16-17-14)10-4-6-11(19-2)7-5-10/h4-7,15H,8-9H2,1-3H3. The molecule has 1 atom stereocenters. The van der Waals surface area contributed by atoms with Crippen LogP contribution in [0.1, 0.15) is 12.5 Å². The number of hydrogen-bond donors (Lipinski definition) is 1. The number of nitrogens with zero attached hydrogens (tertiary/aromatic N) is 3. The van der Waals surface area contributed by atoms with E-state index in [0.717, 1.165) is 5.56 Å². The minimum absolute atomic E-state index is 0.249. The molecule has 108 valence electrons. The second-order valence-corrected chi connectivity index (χ2v) is 4.23. The Morgan fingerprint density at radius 2 is 2.05 bits per heavy atom. The van der Waals surface area contributed by atoms with Crippen LogP contribution >= 0.6 is 0 Å². The molecule has 20 heavy (non-hydrogen) atoms. The SMILES string of the molecule is COC(=O)C(C)(NCCN=[N+]=[N-])c1ccc(OC)cc1. The topological polar surface area (TPSA) is 96.3 Å². The van der Waals surface area contributed by atoms with Crippen molar-refractivity contribution in [3.63, 3.8) is 0 Å². The summed E-state index contributed by atoms with van der Waals surface area (Å²) in [6.45, 7) is 2.33. The van der Waals surface area contributed by atoms with Gasteiger partial charge in [-0.2, -0.15) is 0 Å². The first-order valence-corrected chi connectivity index (χ1v) is 6.07. The van der Waals surface area contributed by atoms with Crippen molar-refractivity contribution >= 4 is 5.97 Å². The molecule has 0 bridgehead atoms. The molecule has 7 heteroatoms. The average Bonchev–Trinajstić information content (AvgIpc) is 2.50. The number of nitrogens with one attached hydrogen (secondary N) is 1. The van der Waals surface area contributed by atoms with E-state index in [2.05, 4.69) is 15.3 Å². The quantitative estimate of drug-likeness (QED) is 0.271. The van der Waals surface area contributed by atoms with Gasteiger partial charge in [-0.25, -0.2) is 4.79 Å². The van der Waals surface area contributed by atoms with Gasteiger partial charge >= 0.3 is 5.97 Å². The third kappa shape index (κ3) is 3.63. The first-order chi connectivity index (χ1) is 9.58. The lowest BCUT2D eigenvalue weighted by molar-refractivity contribution is -0.148. The molecule has 1 rings (SSSR count). The number of hydrogen-bond acceptors (Lipinski definition) is 5. The molecule has 1 unspecified atom stereocenters. The summed E-state index contributed by atoms with van der Waals surface area (Å²) in [4.78, 5) is 14.7. The third-order valence-corrected chi connectivity index (χ3v) is 3.01. The molecule has 1 aromatic carbocycles. The molecule has 0 heterocycles. The number of ether oxygens (including phenoxy) is 2. The lowest BCUT2D eigenvalue weighted by Gasteiger charge is -2.28. The number of methoxy groups -OCH3 is 2. The molecule has 0 saturated carbocycles. The second-order valence-electron chi connectivity index (χ2n) is 4.23. The molecule has 1 N–H and O–H groups in total. The average molecular weight is 278 g/mol. The van der Waals surface area contributed by atoms with Gasteiger partial charge in [0, 0.05) is 18.0 Å². The maximum absolute atomic E-state index is 12.0. The van der Waals surface area contributed by atoms with E-state index in [0.29, 0.717) is 12.3 Å². The van der Waals surface area contributed by atoms with Crippen molar-refractivity contribution in [3.05, 3.63) is 40.3 Å². The Bertz CT molecular complexity index is 497. The zero-order valence-electron chi connectivity index (χ0n) is 11.8. The van der Waals surface area contributed by atoms with Crippen LogP contribution in [0, 0.1) is 0 Å². The highest BCUT2D eigenvalue weighted by Gasteiger charge is 2.35. The molecule has 0 amide bonds. The highest BCUT2D eigenvalue weighted by molar-refractivity contribution is 5.82. The van der Waals surface area contributed by atoms with Crippen LogP contribution in [-0.2, 0) is 15.1 Å². The number of esters is 1. The summed E-state index contributed by atoms with van der Waals surface area (Å²) in [5.41, 5.74) is 7.98. The van der Waals surface area contributed by atoms with E-state index in [1.165, 1.54) is 7.11 Å². The van der Waals surface area contributed by atoms with Gasteiger partial charge in [0.05, 0.1) is 14.2 Å². The summed E-state index contributed by atoms with van der Waals surface area (Å²) >= 11 is 0. The fraction of sp³-hybridized carbons (Fsp3) is 0.462. The van der Waals surface area contributed by atoms with Crippen molar-refractivity contribution in [3.8, 4) is 5.75 Å². The Balaban J connectivity index is 2.96. The predicted octanol–water partition coefficient (Wildman–Crippen LogP) is 1.98. The van der Waals surface area contributed by atoms with Gasteiger partial charge in [0.15, 0.2) is 0 Å². The third-order valence-electron chi connectivity index (χ3n) is 3.01. The fourth-order valence-electron chi connectivity index (χ4n) is 1.82. The van der Waals surface area contributed by atoms with E-state index in [1.54, 1.807) is 38.3 Å². The van der Waals surface area contributed by atoms with Crippen molar-refractivity contribution in [2.75, 3.05) is 27.3 Å². The predicted molar refractivity (Wildman–Crippen MR) is 74.4 cm³/mol. The van der Waals surface area contributed by atoms with Crippen LogP contribution in [0.5, 0.6) is 5.75 Å². The lowest BCUT2D eigenvalue weighted by Crippen LogP contribution is -2.48. The number of rotatable bonds is 7. The van der Waals surface area contributed by atoms with Crippen LogP contribution in [0.25, 0.3) is 10.4 Å². The van der Waals surface area contributed by atoms with Gasteiger partial charge in [0.25, 0.3) is 0 Å². The highest BCUT2D eigenvalue weighted by Crippen LogP contribution is 2.24. The fourth-order valence-corrected chi connectivity index (χ4v) is 1.82. The zero-order chi connectivity index (χ0) is 15.0. The van der Waals surface area contributed by atoms with Gasteiger partial charge in [-0.1, -0.05) is 17.2 Å². The molecular weight excluding hydrogens is 260 g/mol. The van der Waals surface area contributed by atoms with Crippen LogP contribution in [0.4, 0.5) is 0 Å². The molecule has 0 saturated heterocycles. The van der Waals surface area contributed by atoms with Crippen LogP contribution in [0.3, 0.4) is 0 Å². The van der Waals surface area contributed by atoms with E-state index in [1.807, 2.05) is 0 Å². The Kier molecular flexibility index (Phi) is 5.83. The summed E-state index contributed by atoms with van der Waals surface area (Å²) in [6.07, 6.45) is 0. The van der Waals surface area contributed by atoms with Crippen LogP contribution in [-0.4, -0.2) is 33.3 Å². The number of azide groups is 1. The maximum atomic E-state index is 12.0. The number of benzene rings is 1. The van der Waals surface area contributed by atoms with Crippen molar-refractivity contribution < 1.29 is 14.3 Å².